The first-order valence-corrected chi connectivity index (χ1v) is 7.22. The van der Waals surface area contributed by atoms with Crippen molar-refractivity contribution < 1.29 is 9.53 Å². The third kappa shape index (κ3) is 2.85. The van der Waals surface area contributed by atoms with E-state index in [2.05, 4.69) is 9.72 Å². The van der Waals surface area contributed by atoms with Gasteiger partial charge < -0.3 is 4.74 Å². The van der Waals surface area contributed by atoms with Crippen molar-refractivity contribution in [2.45, 2.75) is 13.5 Å². The molecule has 23 heavy (non-hydrogen) atoms. The van der Waals surface area contributed by atoms with E-state index < -0.39 is 0 Å². The van der Waals surface area contributed by atoms with Crippen LogP contribution in [0.3, 0.4) is 0 Å². The Balaban J connectivity index is 1.94. The number of carbonyl (C=O) groups excluding carboxylic acids is 1. The number of fused-ring (bicyclic) bond motifs is 1. The van der Waals surface area contributed by atoms with Crippen LogP contribution in [0.2, 0.25) is 0 Å². The number of methoxy groups -OCH3 is 1. The van der Waals surface area contributed by atoms with E-state index in [9.17, 15) is 9.59 Å². The normalized spacial score (nSPS) is 10.7. The van der Waals surface area contributed by atoms with Gasteiger partial charge in [-0.3, -0.25) is 9.36 Å². The van der Waals surface area contributed by atoms with E-state index in [1.807, 2.05) is 19.1 Å². The zero-order valence-electron chi connectivity index (χ0n) is 12.9. The number of esters is 1. The number of aryl methyl sites for hydroxylation is 1. The van der Waals surface area contributed by atoms with E-state index in [0.29, 0.717) is 17.5 Å². The molecule has 0 saturated heterocycles. The lowest BCUT2D eigenvalue weighted by molar-refractivity contribution is 0.0600. The number of aromatic nitrogens is 2. The Morgan fingerprint density at radius 1 is 1.17 bits per heavy atom. The summed E-state index contributed by atoms with van der Waals surface area (Å²) in [5.74, 6) is -0.378. The van der Waals surface area contributed by atoms with Crippen LogP contribution >= 0.6 is 0 Å². The van der Waals surface area contributed by atoms with E-state index in [4.69, 9.17) is 0 Å². The molecule has 0 aliphatic heterocycles. The van der Waals surface area contributed by atoms with E-state index in [1.165, 1.54) is 7.11 Å². The largest absolute Gasteiger partial charge is 0.465 e. The maximum atomic E-state index is 12.6. The van der Waals surface area contributed by atoms with Crippen molar-refractivity contribution in [1.82, 2.24) is 9.55 Å². The third-order valence-corrected chi connectivity index (χ3v) is 3.78. The van der Waals surface area contributed by atoms with Crippen LogP contribution in [0.1, 0.15) is 21.5 Å². The SMILES string of the molecule is COC(=O)c1ccc(Cn2cnc3c(C)cccc3c2=O)cc1. The fraction of sp³-hybridized carbons (Fsp3) is 0.167. The van der Waals surface area contributed by atoms with Crippen LogP contribution in [0.4, 0.5) is 0 Å². The van der Waals surface area contributed by atoms with Crippen LogP contribution < -0.4 is 5.56 Å². The average Bonchev–Trinajstić information content (AvgIpc) is 2.58. The molecule has 0 amide bonds. The zero-order valence-corrected chi connectivity index (χ0v) is 12.9. The fourth-order valence-corrected chi connectivity index (χ4v) is 2.51. The molecular weight excluding hydrogens is 292 g/mol. The van der Waals surface area contributed by atoms with E-state index >= 15 is 0 Å². The van der Waals surface area contributed by atoms with Crippen LogP contribution in [0.15, 0.2) is 53.6 Å². The number of para-hydroxylation sites is 1. The van der Waals surface area contributed by atoms with Gasteiger partial charge in [0, 0.05) is 0 Å². The minimum absolute atomic E-state index is 0.0734. The van der Waals surface area contributed by atoms with Crippen molar-refractivity contribution in [3.05, 3.63) is 75.8 Å². The lowest BCUT2D eigenvalue weighted by Gasteiger charge is -2.08. The fourth-order valence-electron chi connectivity index (χ4n) is 2.51. The summed E-state index contributed by atoms with van der Waals surface area (Å²) in [6.07, 6.45) is 1.56. The molecule has 1 aromatic heterocycles. The summed E-state index contributed by atoms with van der Waals surface area (Å²) in [4.78, 5) is 28.4. The first-order valence-electron chi connectivity index (χ1n) is 7.22. The van der Waals surface area contributed by atoms with Crippen LogP contribution in [0.25, 0.3) is 10.9 Å². The Labute approximate surface area is 133 Å². The highest BCUT2D eigenvalue weighted by Gasteiger charge is 2.08. The Hall–Kier alpha value is -2.95. The number of carbonyl (C=O) groups is 1. The Morgan fingerprint density at radius 2 is 1.91 bits per heavy atom. The summed E-state index contributed by atoms with van der Waals surface area (Å²) in [7, 11) is 1.35. The van der Waals surface area contributed by atoms with Gasteiger partial charge in [0.05, 0.1) is 36.4 Å². The van der Waals surface area contributed by atoms with Crippen molar-refractivity contribution in [2.75, 3.05) is 7.11 Å². The van der Waals surface area contributed by atoms with Crippen LogP contribution in [0, 0.1) is 6.92 Å². The first kappa shape index (κ1) is 15.0. The molecule has 0 bridgehead atoms. The van der Waals surface area contributed by atoms with Crippen LogP contribution in [-0.4, -0.2) is 22.6 Å². The van der Waals surface area contributed by atoms with Crippen LogP contribution in [0.5, 0.6) is 0 Å². The molecular formula is C18H16N2O3. The minimum Gasteiger partial charge on any atom is -0.465 e. The summed E-state index contributed by atoms with van der Waals surface area (Å²) in [5.41, 5.74) is 3.03. The molecule has 2 aromatic carbocycles. The second-order valence-electron chi connectivity index (χ2n) is 5.34. The second kappa shape index (κ2) is 6.04. The third-order valence-electron chi connectivity index (χ3n) is 3.78. The Morgan fingerprint density at radius 3 is 2.61 bits per heavy atom. The van der Waals surface area contributed by atoms with Gasteiger partial charge in [-0.1, -0.05) is 24.3 Å². The average molecular weight is 308 g/mol. The van der Waals surface area contributed by atoms with E-state index in [0.717, 1.165) is 16.6 Å². The highest BCUT2D eigenvalue weighted by molar-refractivity contribution is 5.89. The molecule has 5 nitrogen and oxygen atoms in total. The van der Waals surface area contributed by atoms with Crippen LogP contribution in [-0.2, 0) is 11.3 Å². The van der Waals surface area contributed by atoms with E-state index in [1.54, 1.807) is 41.2 Å². The van der Waals surface area contributed by atoms with Gasteiger partial charge in [-0.15, -0.1) is 0 Å². The van der Waals surface area contributed by atoms with Crippen molar-refractivity contribution in [2.24, 2.45) is 0 Å². The number of benzene rings is 2. The maximum absolute atomic E-state index is 12.6. The van der Waals surface area contributed by atoms with Crippen molar-refractivity contribution in [1.29, 1.82) is 0 Å². The number of rotatable bonds is 3. The summed E-state index contributed by atoms with van der Waals surface area (Å²) in [6, 6.07) is 12.6. The van der Waals surface area contributed by atoms with Gasteiger partial charge in [-0.25, -0.2) is 9.78 Å². The highest BCUT2D eigenvalue weighted by Crippen LogP contribution is 2.12. The lowest BCUT2D eigenvalue weighted by Crippen LogP contribution is -2.21. The van der Waals surface area contributed by atoms with Gasteiger partial charge in [-0.2, -0.15) is 0 Å². The summed E-state index contributed by atoms with van der Waals surface area (Å²) < 4.78 is 6.23. The monoisotopic (exact) mass is 308 g/mol. The number of nitrogens with zero attached hydrogens (tertiary/aromatic N) is 2. The number of hydrogen-bond donors (Lipinski definition) is 0. The van der Waals surface area contributed by atoms with Gasteiger partial charge in [0.25, 0.3) is 5.56 Å². The molecule has 0 radical (unpaired) electrons. The Bertz CT molecular complexity index is 927. The molecule has 0 fully saturated rings. The van der Waals surface area contributed by atoms with Crippen molar-refractivity contribution in [3.63, 3.8) is 0 Å². The number of ether oxygens (including phenoxy) is 1. The highest BCUT2D eigenvalue weighted by atomic mass is 16.5. The molecule has 0 spiro atoms. The molecule has 5 heteroatoms. The van der Waals surface area contributed by atoms with Gasteiger partial charge in [0.2, 0.25) is 0 Å². The van der Waals surface area contributed by atoms with Gasteiger partial charge in [0.15, 0.2) is 0 Å². The smallest absolute Gasteiger partial charge is 0.337 e. The molecule has 0 unspecified atom stereocenters. The summed E-state index contributed by atoms with van der Waals surface area (Å²) in [5, 5.41) is 0.610. The first-order chi connectivity index (χ1) is 11.1. The molecule has 0 atom stereocenters. The topological polar surface area (TPSA) is 61.2 Å². The van der Waals surface area contributed by atoms with Gasteiger partial charge >= 0.3 is 5.97 Å². The molecule has 3 rings (SSSR count). The minimum atomic E-state index is -0.378. The van der Waals surface area contributed by atoms with Crippen molar-refractivity contribution in [3.8, 4) is 0 Å². The molecule has 3 aromatic rings. The molecule has 0 N–H and O–H groups in total. The maximum Gasteiger partial charge on any atom is 0.337 e. The Kier molecular flexibility index (Phi) is 3.93. The molecule has 116 valence electrons. The molecule has 0 saturated carbocycles. The predicted molar refractivity (Wildman–Crippen MR) is 87.6 cm³/mol. The lowest BCUT2D eigenvalue weighted by atomic mass is 10.1. The van der Waals surface area contributed by atoms with E-state index in [-0.39, 0.29) is 11.5 Å². The molecule has 0 aliphatic carbocycles. The van der Waals surface area contributed by atoms with Gasteiger partial charge in [-0.05, 0) is 36.2 Å². The van der Waals surface area contributed by atoms with Crippen molar-refractivity contribution >= 4 is 16.9 Å². The zero-order chi connectivity index (χ0) is 16.4. The number of hydrogen-bond acceptors (Lipinski definition) is 4. The quantitative estimate of drug-likeness (QED) is 0.698. The molecule has 1 heterocycles. The second-order valence-corrected chi connectivity index (χ2v) is 5.34. The predicted octanol–water partition coefficient (Wildman–Crippen LogP) is 2.54. The standard InChI is InChI=1S/C18H16N2O3/c1-12-4-3-5-15-16(12)19-11-20(17(15)21)10-13-6-8-14(9-7-13)18(22)23-2/h3-9,11H,10H2,1-2H3. The van der Waals surface area contributed by atoms with Gasteiger partial charge in [0.1, 0.15) is 0 Å². The summed E-state index contributed by atoms with van der Waals surface area (Å²) in [6.45, 7) is 2.34. The molecule has 0 aliphatic rings. The summed E-state index contributed by atoms with van der Waals surface area (Å²) >= 11 is 0.